The van der Waals surface area contributed by atoms with Crippen LogP contribution in [0.1, 0.15) is 24.9 Å². The van der Waals surface area contributed by atoms with Crippen molar-refractivity contribution in [3.63, 3.8) is 0 Å². The minimum atomic E-state index is -0.0916. The molecule has 1 atom stereocenters. The Hall–Kier alpha value is -2.51. The summed E-state index contributed by atoms with van der Waals surface area (Å²) >= 11 is 7.18. The van der Waals surface area contributed by atoms with Crippen LogP contribution >= 0.6 is 23.4 Å². The molecule has 0 aliphatic rings. The third-order valence-electron chi connectivity index (χ3n) is 4.04. The van der Waals surface area contributed by atoms with Crippen molar-refractivity contribution >= 4 is 29.3 Å². The highest BCUT2D eigenvalue weighted by atomic mass is 35.5. The van der Waals surface area contributed by atoms with E-state index in [-0.39, 0.29) is 17.7 Å². The van der Waals surface area contributed by atoms with Gasteiger partial charge in [-0.2, -0.15) is 0 Å². The quantitative estimate of drug-likeness (QED) is 0.466. The highest BCUT2D eigenvalue weighted by molar-refractivity contribution is 7.99. The van der Waals surface area contributed by atoms with Gasteiger partial charge in [-0.1, -0.05) is 72.8 Å². The first kappa shape index (κ1) is 19.3. The zero-order valence-electron chi connectivity index (χ0n) is 14.8. The van der Waals surface area contributed by atoms with Crippen molar-refractivity contribution in [3.05, 3.63) is 65.2 Å². The third-order valence-corrected chi connectivity index (χ3v) is 5.24. The minimum Gasteiger partial charge on any atom is -0.349 e. The number of halogens is 1. The van der Waals surface area contributed by atoms with Gasteiger partial charge in [0, 0.05) is 10.6 Å². The largest absolute Gasteiger partial charge is 0.349 e. The average molecular weight is 402 g/mol. The van der Waals surface area contributed by atoms with Gasteiger partial charge in [0.05, 0.1) is 11.8 Å². The second kappa shape index (κ2) is 8.92. The van der Waals surface area contributed by atoms with Crippen LogP contribution in [0.5, 0.6) is 0 Å². The van der Waals surface area contributed by atoms with Gasteiger partial charge >= 0.3 is 0 Å². The highest BCUT2D eigenvalue weighted by Gasteiger charge is 2.16. The van der Waals surface area contributed by atoms with Crippen LogP contribution in [0, 0.1) is 0 Å². The van der Waals surface area contributed by atoms with E-state index >= 15 is 0 Å². The zero-order chi connectivity index (χ0) is 19.2. The molecule has 140 valence electrons. The molecule has 0 bridgehead atoms. The maximum atomic E-state index is 12.4. The first-order chi connectivity index (χ1) is 13.1. The molecule has 1 aromatic heterocycles. The second-order valence-electron chi connectivity index (χ2n) is 5.91. The minimum absolute atomic E-state index is 0.0639. The van der Waals surface area contributed by atoms with E-state index in [2.05, 4.69) is 15.5 Å². The number of nitrogens with one attached hydrogen (secondary N) is 1. The van der Waals surface area contributed by atoms with E-state index in [1.54, 1.807) is 0 Å². The summed E-state index contributed by atoms with van der Waals surface area (Å²) in [7, 11) is 0. The normalized spacial score (nSPS) is 11.9. The van der Waals surface area contributed by atoms with Gasteiger partial charge in [0.25, 0.3) is 0 Å². The fraction of sp³-hybridized carbons (Fsp3) is 0.211. The summed E-state index contributed by atoms with van der Waals surface area (Å²) in [4.78, 5) is 12.4. The number of hydrogen-bond donors (Lipinski definition) is 2. The Bertz CT molecular complexity index is 898. The van der Waals surface area contributed by atoms with E-state index in [4.69, 9.17) is 17.4 Å². The van der Waals surface area contributed by atoms with Gasteiger partial charge in [-0.05, 0) is 24.1 Å². The molecular weight excluding hydrogens is 382 g/mol. The predicted octanol–water partition coefficient (Wildman–Crippen LogP) is 3.67. The summed E-state index contributed by atoms with van der Waals surface area (Å²) < 4.78 is 1.41. The van der Waals surface area contributed by atoms with Gasteiger partial charge in [0.2, 0.25) is 11.1 Å². The van der Waals surface area contributed by atoms with E-state index in [0.29, 0.717) is 16.0 Å². The Morgan fingerprint density at radius 1 is 1.19 bits per heavy atom. The Labute approximate surface area is 167 Å². The number of nitrogens with zero attached hydrogens (tertiary/aromatic N) is 3. The first-order valence-electron chi connectivity index (χ1n) is 8.52. The highest BCUT2D eigenvalue weighted by Crippen LogP contribution is 2.22. The molecule has 0 spiro atoms. The van der Waals surface area contributed by atoms with Crippen LogP contribution in [-0.2, 0) is 4.79 Å². The molecule has 0 radical (unpaired) electrons. The summed E-state index contributed by atoms with van der Waals surface area (Å²) in [6.07, 6.45) is 0.781. The SMILES string of the molecule is CCC(NC(=O)CSc1nnc(-c2ccccc2)n1N)c1ccc(Cl)cc1. The van der Waals surface area contributed by atoms with Crippen molar-refractivity contribution in [1.82, 2.24) is 20.2 Å². The number of carbonyl (C=O) groups is 1. The molecule has 0 aliphatic heterocycles. The molecule has 27 heavy (non-hydrogen) atoms. The summed E-state index contributed by atoms with van der Waals surface area (Å²) in [5, 5.41) is 12.4. The molecule has 3 aromatic rings. The van der Waals surface area contributed by atoms with E-state index in [9.17, 15) is 4.79 Å². The molecule has 1 unspecified atom stereocenters. The van der Waals surface area contributed by atoms with E-state index < -0.39 is 0 Å². The van der Waals surface area contributed by atoms with E-state index in [0.717, 1.165) is 17.5 Å². The number of benzene rings is 2. The van der Waals surface area contributed by atoms with E-state index in [1.807, 2.05) is 61.5 Å². The average Bonchev–Trinajstić information content (AvgIpc) is 3.06. The summed E-state index contributed by atoms with van der Waals surface area (Å²) in [6.45, 7) is 2.02. The van der Waals surface area contributed by atoms with Crippen molar-refractivity contribution < 1.29 is 4.79 Å². The van der Waals surface area contributed by atoms with Crippen LogP contribution in [0.2, 0.25) is 5.02 Å². The lowest BCUT2D eigenvalue weighted by molar-refractivity contribution is -0.119. The molecule has 0 saturated carbocycles. The third kappa shape index (κ3) is 4.81. The van der Waals surface area contributed by atoms with Crippen LogP contribution in [0.3, 0.4) is 0 Å². The number of amides is 1. The lowest BCUT2D eigenvalue weighted by Gasteiger charge is -2.17. The zero-order valence-corrected chi connectivity index (χ0v) is 16.4. The Morgan fingerprint density at radius 2 is 1.89 bits per heavy atom. The molecule has 8 heteroatoms. The molecule has 0 saturated heterocycles. The fourth-order valence-corrected chi connectivity index (χ4v) is 3.44. The maximum absolute atomic E-state index is 12.4. The van der Waals surface area contributed by atoms with Crippen LogP contribution < -0.4 is 11.2 Å². The monoisotopic (exact) mass is 401 g/mol. The number of nitrogens with two attached hydrogens (primary N) is 1. The van der Waals surface area contributed by atoms with E-state index in [1.165, 1.54) is 16.4 Å². The van der Waals surface area contributed by atoms with Crippen LogP contribution in [0.25, 0.3) is 11.4 Å². The number of aromatic nitrogens is 3. The summed E-state index contributed by atoms with van der Waals surface area (Å²) in [5.41, 5.74) is 1.89. The van der Waals surface area contributed by atoms with Gasteiger partial charge < -0.3 is 11.2 Å². The van der Waals surface area contributed by atoms with Gasteiger partial charge in [-0.15, -0.1) is 10.2 Å². The van der Waals surface area contributed by atoms with Gasteiger partial charge in [-0.25, -0.2) is 4.68 Å². The van der Waals surface area contributed by atoms with Gasteiger partial charge in [-0.3, -0.25) is 4.79 Å². The predicted molar refractivity (Wildman–Crippen MR) is 109 cm³/mol. The molecule has 1 heterocycles. The second-order valence-corrected chi connectivity index (χ2v) is 7.29. The fourth-order valence-electron chi connectivity index (χ4n) is 2.64. The van der Waals surface area contributed by atoms with Crippen molar-refractivity contribution in [1.29, 1.82) is 0 Å². The van der Waals surface area contributed by atoms with Gasteiger partial charge in [0.1, 0.15) is 0 Å². The number of hydrogen-bond acceptors (Lipinski definition) is 5. The van der Waals surface area contributed by atoms with Gasteiger partial charge in [0.15, 0.2) is 5.82 Å². The standard InChI is InChI=1S/C19H20ClN5OS/c1-2-16(13-8-10-15(20)11-9-13)22-17(26)12-27-19-24-23-18(25(19)21)14-6-4-3-5-7-14/h3-11,16H,2,12,21H2,1H3,(H,22,26). The topological polar surface area (TPSA) is 85.8 Å². The molecule has 1 amide bonds. The lowest BCUT2D eigenvalue weighted by atomic mass is 10.0. The first-order valence-corrected chi connectivity index (χ1v) is 9.88. The number of rotatable bonds is 7. The van der Waals surface area contributed by atoms with Crippen molar-refractivity contribution in [2.45, 2.75) is 24.5 Å². The smallest absolute Gasteiger partial charge is 0.230 e. The van der Waals surface area contributed by atoms with Crippen LogP contribution in [0.15, 0.2) is 59.8 Å². The molecular formula is C19H20ClN5OS. The Morgan fingerprint density at radius 3 is 2.56 bits per heavy atom. The molecule has 6 nitrogen and oxygen atoms in total. The number of nitrogen functional groups attached to an aromatic ring is 1. The van der Waals surface area contributed by atoms with Crippen LogP contribution in [0.4, 0.5) is 0 Å². The van der Waals surface area contributed by atoms with Crippen molar-refractivity contribution in [2.24, 2.45) is 0 Å². The number of thioether (sulfide) groups is 1. The lowest BCUT2D eigenvalue weighted by Crippen LogP contribution is -2.29. The molecule has 2 aromatic carbocycles. The Balaban J connectivity index is 1.60. The molecule has 0 fully saturated rings. The van der Waals surface area contributed by atoms with Crippen LogP contribution in [-0.4, -0.2) is 26.5 Å². The number of carbonyl (C=O) groups excluding carboxylic acids is 1. The Kier molecular flexibility index (Phi) is 6.36. The molecule has 0 aliphatic carbocycles. The molecule has 3 rings (SSSR count). The maximum Gasteiger partial charge on any atom is 0.230 e. The van der Waals surface area contributed by atoms with Crippen molar-refractivity contribution in [2.75, 3.05) is 11.6 Å². The summed E-state index contributed by atoms with van der Waals surface area (Å²) in [6, 6.07) is 17.0. The van der Waals surface area contributed by atoms with Crippen molar-refractivity contribution in [3.8, 4) is 11.4 Å². The molecule has 3 N–H and O–H groups in total. The summed E-state index contributed by atoms with van der Waals surface area (Å²) in [5.74, 6) is 6.75.